The lowest BCUT2D eigenvalue weighted by atomic mass is 9.74. The summed E-state index contributed by atoms with van der Waals surface area (Å²) in [7, 11) is 6.66. The maximum absolute atomic E-state index is 14.5. The summed E-state index contributed by atoms with van der Waals surface area (Å²) in [6.45, 7) is 17.3. The summed E-state index contributed by atoms with van der Waals surface area (Å²) < 4.78 is 50.9. The van der Waals surface area contributed by atoms with Crippen LogP contribution in [0.3, 0.4) is 0 Å². The Bertz CT molecular complexity index is 2030. The van der Waals surface area contributed by atoms with Crippen LogP contribution < -0.4 is 10.6 Å². The van der Waals surface area contributed by atoms with E-state index in [0.29, 0.717) is 31.4 Å². The predicted molar refractivity (Wildman–Crippen MR) is 267 cm³/mol. The number of unbranched alkanes of at least 4 members (excludes halogenated alkanes) is 1. The average molecular weight is 1060 g/mol. The number of hydrogen-bond acceptors (Lipinski definition) is 18. The molecule has 0 radical (unpaired) electrons. The first-order chi connectivity index (χ1) is 34.0. The summed E-state index contributed by atoms with van der Waals surface area (Å²) in [5.41, 5.74) is -4.42. The van der Waals surface area contributed by atoms with E-state index in [1.807, 2.05) is 25.9 Å². The first-order valence-corrected chi connectivity index (χ1v) is 25.8. The number of alkyl carbamates (subject to hydrolysis) is 1. The molecule has 3 heterocycles. The highest BCUT2D eigenvalue weighted by Gasteiger charge is 2.55. The molecule has 73 heavy (non-hydrogen) atoms. The highest BCUT2D eigenvalue weighted by atomic mass is 35.5. The van der Waals surface area contributed by atoms with Crippen LogP contribution in [0, 0.1) is 33.8 Å². The number of aliphatic hydroxyl groups is 3. The molecule has 21 nitrogen and oxygen atoms in total. The van der Waals surface area contributed by atoms with E-state index < -0.39 is 113 Å². The molecule has 3 saturated heterocycles. The lowest BCUT2D eigenvalue weighted by Crippen LogP contribution is -2.62. The summed E-state index contributed by atoms with van der Waals surface area (Å²) in [6, 6.07) is 3.84. The number of halogens is 1. The van der Waals surface area contributed by atoms with Crippen molar-refractivity contribution in [3.05, 3.63) is 38.9 Å². The van der Waals surface area contributed by atoms with Gasteiger partial charge in [-0.15, -0.1) is 0 Å². The smallest absolute Gasteiger partial charge is 0.407 e. The number of amides is 2. The van der Waals surface area contributed by atoms with Crippen LogP contribution in [0.5, 0.6) is 0 Å². The number of rotatable bonds is 17. The quantitative estimate of drug-likeness (QED) is 0.0602. The molecule has 3 aliphatic rings. The van der Waals surface area contributed by atoms with Crippen molar-refractivity contribution in [2.75, 3.05) is 41.4 Å². The van der Waals surface area contributed by atoms with Gasteiger partial charge < -0.3 is 68.7 Å². The molecule has 22 heteroatoms. The van der Waals surface area contributed by atoms with Crippen LogP contribution in [0.25, 0.3) is 0 Å². The van der Waals surface area contributed by atoms with Crippen molar-refractivity contribution in [3.8, 4) is 0 Å². The van der Waals surface area contributed by atoms with Gasteiger partial charge in [0.15, 0.2) is 18.7 Å². The van der Waals surface area contributed by atoms with E-state index in [0.717, 1.165) is 0 Å². The number of aliphatic hydroxyl groups excluding tert-OH is 2. The van der Waals surface area contributed by atoms with E-state index in [9.17, 15) is 44.6 Å². The number of nitrogens with one attached hydrogen (secondary N) is 2. The van der Waals surface area contributed by atoms with Gasteiger partial charge in [0.25, 0.3) is 5.69 Å². The molecule has 1 aromatic rings. The van der Waals surface area contributed by atoms with E-state index in [2.05, 4.69) is 10.6 Å². The summed E-state index contributed by atoms with van der Waals surface area (Å²) in [6.07, 6.45) is -9.68. The SMILES string of the molecule is CC[C@@H]1OC(=O)[C@H](C)[C@@H](O[C@H]2C[C@@](C)(OC)[C@@H](OC(=O)NCCCCNC(=O)Cc3ccc(Cl)c([N+](=O)[O-])c3)[C@H](C)O2)[C@@H](C)C(O[C@@H]2O[C@H](C)C[C@H](N(C)C)[C@H]2O)[C@](C)(OC)C[C@@H](C)C(=O)[C@@H](C)[C@H](O)[C@]1(C)O. The summed E-state index contributed by atoms with van der Waals surface area (Å²) in [5.74, 6) is -5.23. The highest BCUT2D eigenvalue weighted by Crippen LogP contribution is 2.42. The van der Waals surface area contributed by atoms with E-state index >= 15 is 0 Å². The predicted octanol–water partition coefficient (Wildman–Crippen LogP) is 4.87. The molecule has 1 unspecified atom stereocenters. The Morgan fingerprint density at radius 2 is 1.53 bits per heavy atom. The van der Waals surface area contributed by atoms with Gasteiger partial charge in [0, 0.05) is 63.6 Å². The van der Waals surface area contributed by atoms with Crippen molar-refractivity contribution >= 4 is 41.0 Å². The fraction of sp³-hybridized carbons (Fsp3) is 0.804. The van der Waals surface area contributed by atoms with Gasteiger partial charge in [0.2, 0.25) is 5.91 Å². The molecule has 0 saturated carbocycles. The molecule has 0 aliphatic carbocycles. The number of esters is 1. The van der Waals surface area contributed by atoms with Gasteiger partial charge in [-0.05, 0) is 99.4 Å². The number of benzene rings is 1. The molecule has 0 bridgehead atoms. The number of cyclic esters (lactones) is 1. The fourth-order valence-electron chi connectivity index (χ4n) is 10.7. The molecule has 0 spiro atoms. The lowest BCUT2D eigenvalue weighted by Gasteiger charge is -2.50. The van der Waals surface area contributed by atoms with E-state index in [1.54, 1.807) is 54.5 Å². The molecule has 18 atom stereocenters. The Labute approximate surface area is 435 Å². The lowest BCUT2D eigenvalue weighted by molar-refractivity contribution is -0.384. The zero-order valence-electron chi connectivity index (χ0n) is 45.1. The zero-order valence-corrected chi connectivity index (χ0v) is 45.8. The van der Waals surface area contributed by atoms with Crippen LogP contribution in [0.1, 0.15) is 113 Å². The van der Waals surface area contributed by atoms with Gasteiger partial charge in [-0.2, -0.15) is 0 Å². The van der Waals surface area contributed by atoms with Crippen LogP contribution in [0.2, 0.25) is 5.02 Å². The summed E-state index contributed by atoms with van der Waals surface area (Å²) in [4.78, 5) is 67.0. The van der Waals surface area contributed by atoms with Crippen molar-refractivity contribution < 1.29 is 77.3 Å². The first-order valence-electron chi connectivity index (χ1n) is 25.4. The van der Waals surface area contributed by atoms with Gasteiger partial charge in [0.1, 0.15) is 34.2 Å². The van der Waals surface area contributed by atoms with Gasteiger partial charge >= 0.3 is 12.1 Å². The number of carbonyl (C=O) groups excluding carboxylic acids is 4. The van der Waals surface area contributed by atoms with Gasteiger partial charge in [-0.3, -0.25) is 24.5 Å². The molecule has 3 aliphatic heterocycles. The van der Waals surface area contributed by atoms with Crippen molar-refractivity contribution in [2.45, 2.75) is 198 Å². The Morgan fingerprint density at radius 3 is 2.12 bits per heavy atom. The number of nitro groups is 1. The summed E-state index contributed by atoms with van der Waals surface area (Å²) >= 11 is 5.88. The fourth-order valence-corrected chi connectivity index (χ4v) is 10.9. The normalized spacial score (nSPS) is 38.0. The van der Waals surface area contributed by atoms with Crippen LogP contribution in [-0.4, -0.2) is 175 Å². The van der Waals surface area contributed by atoms with Crippen molar-refractivity contribution in [1.82, 2.24) is 15.5 Å². The number of likely N-dealkylation sites (N-methyl/N-ethyl adjacent to an activating group) is 1. The molecule has 3 fully saturated rings. The molecule has 5 N–H and O–H groups in total. The minimum absolute atomic E-state index is 0.00129. The molecule has 4 rings (SSSR count). The second-order valence-electron chi connectivity index (χ2n) is 21.2. The number of hydrogen-bond donors (Lipinski definition) is 5. The second kappa shape index (κ2) is 26.4. The standard InChI is InChI=1S/C51H83ClN4O17/c1-15-37-51(10,63)43(60)29(4)40(58)27(2)25-49(8,66-13)44(72-47-41(59)36(55(11)12)22-28(3)68-47)30(5)42(31(6)46(61)70-37)71-39-26-50(9,67-14)45(32(7)69-39)73-48(62)54-21-17-16-20-53-38(57)24-33-18-19-34(52)35(23-33)56(64)65/h18-19,23,27-32,36-37,39,41-45,47,59-60,63H,15-17,20-22,24-26H2,1-14H3,(H,53,57)(H,54,62)/t27-,28-,29-,30-,31-,32+,36+,37+,39+,41-,42+,43+,44?,45+,47+,49-,50-,51-/m1/s1. The third-order valence-corrected chi connectivity index (χ3v) is 15.5. The Balaban J connectivity index is 1.57. The monoisotopic (exact) mass is 1060 g/mol. The van der Waals surface area contributed by atoms with Gasteiger partial charge in [-0.1, -0.05) is 45.4 Å². The summed E-state index contributed by atoms with van der Waals surface area (Å²) in [5, 5.41) is 51.9. The Hall–Kier alpha value is -3.61. The Morgan fingerprint density at radius 1 is 0.918 bits per heavy atom. The Kier molecular flexibility index (Phi) is 22.4. The molecule has 2 amide bonds. The van der Waals surface area contributed by atoms with Crippen molar-refractivity contribution in [2.24, 2.45) is 23.7 Å². The highest BCUT2D eigenvalue weighted by molar-refractivity contribution is 6.32. The van der Waals surface area contributed by atoms with Crippen molar-refractivity contribution in [1.29, 1.82) is 0 Å². The number of ketones is 1. The number of carbonyl (C=O) groups is 4. The van der Waals surface area contributed by atoms with Crippen LogP contribution >= 0.6 is 11.6 Å². The zero-order chi connectivity index (χ0) is 54.9. The number of Topliss-reactive ketones (excluding diaryl/α,β-unsaturated/α-hetero) is 1. The third-order valence-electron chi connectivity index (χ3n) is 15.2. The van der Waals surface area contributed by atoms with E-state index in [4.69, 9.17) is 49.5 Å². The molecular formula is C51H83ClN4O17. The van der Waals surface area contributed by atoms with Crippen LogP contribution in [0.15, 0.2) is 18.2 Å². The number of nitro benzene ring substituents is 1. The van der Waals surface area contributed by atoms with Crippen LogP contribution in [-0.2, 0) is 58.7 Å². The molecule has 1 aromatic carbocycles. The number of ether oxygens (including phenoxy) is 8. The maximum atomic E-state index is 14.5. The van der Waals surface area contributed by atoms with E-state index in [-0.39, 0.29) is 66.8 Å². The van der Waals surface area contributed by atoms with E-state index in [1.165, 1.54) is 40.2 Å². The van der Waals surface area contributed by atoms with Crippen molar-refractivity contribution in [3.63, 3.8) is 0 Å². The minimum atomic E-state index is -2.04. The molecular weight excluding hydrogens is 976 g/mol. The number of methoxy groups -OCH3 is 2. The van der Waals surface area contributed by atoms with Crippen LogP contribution in [0.4, 0.5) is 10.5 Å². The topological polar surface area (TPSA) is 273 Å². The molecule has 0 aromatic heterocycles. The second-order valence-corrected chi connectivity index (χ2v) is 21.6. The van der Waals surface area contributed by atoms with Gasteiger partial charge in [-0.25, -0.2) is 4.79 Å². The first kappa shape index (κ1) is 61.9. The van der Waals surface area contributed by atoms with Gasteiger partial charge in [0.05, 0.1) is 53.4 Å². The average Bonchev–Trinajstić information content (AvgIpc) is 3.33. The minimum Gasteiger partial charge on any atom is -0.459 e. The third kappa shape index (κ3) is 15.3. The maximum Gasteiger partial charge on any atom is 0.407 e. The molecule has 416 valence electrons. The number of nitrogens with zero attached hydrogens (tertiary/aromatic N) is 2. The largest absolute Gasteiger partial charge is 0.459 e.